The van der Waals surface area contributed by atoms with E-state index in [0.717, 1.165) is 36.8 Å². The van der Waals surface area contributed by atoms with Crippen LogP contribution < -0.4 is 5.32 Å². The van der Waals surface area contributed by atoms with Gasteiger partial charge in [-0.1, -0.05) is 68.7 Å². The number of para-hydroxylation sites is 1. The molecule has 2 amide bonds. The molecule has 1 fully saturated rings. The number of hydrogen-bond donors (Lipinski definition) is 1. The van der Waals surface area contributed by atoms with Crippen LogP contribution in [0.2, 0.25) is 0 Å². The summed E-state index contributed by atoms with van der Waals surface area (Å²) in [7, 11) is 0. The van der Waals surface area contributed by atoms with Gasteiger partial charge in [-0.15, -0.1) is 0 Å². The minimum absolute atomic E-state index is 0.0820. The molecule has 0 heterocycles. The van der Waals surface area contributed by atoms with Crippen molar-refractivity contribution in [1.29, 1.82) is 0 Å². The molecule has 0 saturated heterocycles. The van der Waals surface area contributed by atoms with Gasteiger partial charge in [-0.3, -0.25) is 19.7 Å². The van der Waals surface area contributed by atoms with Gasteiger partial charge in [0.25, 0.3) is 5.69 Å². The first-order chi connectivity index (χ1) is 15.9. The van der Waals surface area contributed by atoms with Gasteiger partial charge in [0.05, 0.1) is 11.3 Å². The number of nitro benzene ring substituents is 1. The first-order valence-electron chi connectivity index (χ1n) is 11.8. The molecule has 1 unspecified atom stereocenters. The second-order valence-electron chi connectivity index (χ2n) is 8.78. The van der Waals surface area contributed by atoms with Crippen molar-refractivity contribution >= 4 is 17.5 Å². The molecule has 2 aromatic rings. The van der Waals surface area contributed by atoms with E-state index in [0.29, 0.717) is 12.0 Å². The third-order valence-corrected chi connectivity index (χ3v) is 6.47. The van der Waals surface area contributed by atoms with Crippen LogP contribution in [-0.4, -0.2) is 33.7 Å². The molecule has 3 rings (SSSR count). The third kappa shape index (κ3) is 6.40. The van der Waals surface area contributed by atoms with Gasteiger partial charge in [-0.05, 0) is 37.3 Å². The van der Waals surface area contributed by atoms with Crippen LogP contribution in [0.1, 0.15) is 62.1 Å². The van der Waals surface area contributed by atoms with E-state index in [9.17, 15) is 19.7 Å². The Bertz CT molecular complexity index is 985. The number of amides is 2. The van der Waals surface area contributed by atoms with Crippen LogP contribution >= 0.6 is 0 Å². The summed E-state index contributed by atoms with van der Waals surface area (Å²) in [4.78, 5) is 39.4. The van der Waals surface area contributed by atoms with Gasteiger partial charge < -0.3 is 10.2 Å². The Morgan fingerprint density at radius 2 is 1.70 bits per heavy atom. The zero-order chi connectivity index (χ0) is 23.8. The number of benzene rings is 2. The topological polar surface area (TPSA) is 92.6 Å². The van der Waals surface area contributed by atoms with Crippen LogP contribution in [0.4, 0.5) is 5.69 Å². The molecule has 0 bridgehead atoms. The fourth-order valence-electron chi connectivity index (χ4n) is 4.54. The highest BCUT2D eigenvalue weighted by Crippen LogP contribution is 2.23. The average Bonchev–Trinajstić information content (AvgIpc) is 2.81. The predicted octanol–water partition coefficient (Wildman–Crippen LogP) is 4.70. The lowest BCUT2D eigenvalue weighted by atomic mass is 9.95. The van der Waals surface area contributed by atoms with Gasteiger partial charge in [-0.2, -0.15) is 0 Å². The monoisotopic (exact) mass is 451 g/mol. The zero-order valence-corrected chi connectivity index (χ0v) is 19.5. The Morgan fingerprint density at radius 1 is 1.06 bits per heavy atom. The molecule has 7 nitrogen and oxygen atoms in total. The van der Waals surface area contributed by atoms with Crippen molar-refractivity contribution in [2.24, 2.45) is 0 Å². The van der Waals surface area contributed by atoms with E-state index in [1.807, 2.05) is 38.1 Å². The van der Waals surface area contributed by atoms with Gasteiger partial charge in [0.1, 0.15) is 6.04 Å². The normalized spacial score (nSPS) is 15.0. The molecule has 7 heteroatoms. The first-order valence-corrected chi connectivity index (χ1v) is 11.8. The fraction of sp³-hybridized carbons (Fsp3) is 0.462. The minimum Gasteiger partial charge on any atom is -0.352 e. The molecule has 33 heavy (non-hydrogen) atoms. The molecular formula is C26H33N3O4. The quantitative estimate of drug-likeness (QED) is 0.442. The lowest BCUT2D eigenvalue weighted by Gasteiger charge is -2.33. The van der Waals surface area contributed by atoms with Crippen molar-refractivity contribution in [2.45, 2.75) is 77.4 Å². The fourth-order valence-corrected chi connectivity index (χ4v) is 4.54. The molecule has 1 aliphatic carbocycles. The number of aryl methyl sites for hydroxylation is 1. The van der Waals surface area contributed by atoms with Crippen LogP contribution in [-0.2, 0) is 22.6 Å². The smallest absolute Gasteiger partial charge is 0.273 e. The number of rotatable bonds is 9. The lowest BCUT2D eigenvalue weighted by molar-refractivity contribution is -0.385. The van der Waals surface area contributed by atoms with Gasteiger partial charge in [0.2, 0.25) is 11.8 Å². The molecule has 0 aromatic heterocycles. The molecule has 1 aliphatic rings. The van der Waals surface area contributed by atoms with Crippen molar-refractivity contribution < 1.29 is 14.5 Å². The molecule has 2 aromatic carbocycles. The number of hydrogen-bond acceptors (Lipinski definition) is 4. The van der Waals surface area contributed by atoms with Crippen LogP contribution in [0.5, 0.6) is 0 Å². The number of nitrogens with zero attached hydrogens (tertiary/aromatic N) is 2. The predicted molar refractivity (Wildman–Crippen MR) is 128 cm³/mol. The second kappa shape index (κ2) is 11.6. The minimum atomic E-state index is -0.637. The van der Waals surface area contributed by atoms with Crippen LogP contribution in [0.25, 0.3) is 0 Å². The maximum atomic E-state index is 13.5. The summed E-state index contributed by atoms with van der Waals surface area (Å²) in [6.07, 6.45) is 5.66. The average molecular weight is 452 g/mol. The Balaban J connectivity index is 1.87. The third-order valence-electron chi connectivity index (χ3n) is 6.47. The highest BCUT2D eigenvalue weighted by molar-refractivity contribution is 5.89. The van der Waals surface area contributed by atoms with E-state index in [1.54, 1.807) is 23.1 Å². The summed E-state index contributed by atoms with van der Waals surface area (Å²) in [6, 6.07) is 13.6. The number of nitrogens with one attached hydrogen (secondary N) is 1. The number of carbonyl (C=O) groups is 2. The Kier molecular flexibility index (Phi) is 8.58. The Hall–Kier alpha value is -3.22. The lowest BCUT2D eigenvalue weighted by Crippen LogP contribution is -2.52. The highest BCUT2D eigenvalue weighted by atomic mass is 16.6. The molecule has 0 aliphatic heterocycles. The zero-order valence-electron chi connectivity index (χ0n) is 19.5. The van der Waals surface area contributed by atoms with Crippen molar-refractivity contribution in [3.8, 4) is 0 Å². The second-order valence-corrected chi connectivity index (χ2v) is 8.78. The molecule has 176 valence electrons. The van der Waals surface area contributed by atoms with Crippen molar-refractivity contribution in [1.82, 2.24) is 10.2 Å². The summed E-state index contributed by atoms with van der Waals surface area (Å²) in [6.45, 7) is 4.15. The summed E-state index contributed by atoms with van der Waals surface area (Å²) in [5.74, 6) is -0.438. The van der Waals surface area contributed by atoms with Crippen LogP contribution in [0.3, 0.4) is 0 Å². The van der Waals surface area contributed by atoms with E-state index in [2.05, 4.69) is 5.32 Å². The van der Waals surface area contributed by atoms with E-state index in [4.69, 9.17) is 0 Å². The van der Waals surface area contributed by atoms with Crippen LogP contribution in [0.15, 0.2) is 48.5 Å². The van der Waals surface area contributed by atoms with Crippen molar-refractivity contribution in [3.05, 3.63) is 75.3 Å². The van der Waals surface area contributed by atoms with Gasteiger partial charge in [0, 0.05) is 24.2 Å². The Labute approximate surface area is 195 Å². The van der Waals surface area contributed by atoms with E-state index in [1.165, 1.54) is 12.5 Å². The molecule has 1 N–H and O–H groups in total. The largest absolute Gasteiger partial charge is 0.352 e. The summed E-state index contributed by atoms with van der Waals surface area (Å²) < 4.78 is 0. The van der Waals surface area contributed by atoms with Crippen molar-refractivity contribution in [2.75, 3.05) is 0 Å². The van der Waals surface area contributed by atoms with Crippen molar-refractivity contribution in [3.63, 3.8) is 0 Å². The SMILES string of the molecule is CCC(C(=O)NC1CCCCC1)N(Cc1ccccc1C)C(=O)Cc1ccccc1[N+](=O)[O-]. The molecule has 1 atom stereocenters. The van der Waals surface area contributed by atoms with E-state index < -0.39 is 11.0 Å². The van der Waals surface area contributed by atoms with Gasteiger partial charge in [-0.25, -0.2) is 0 Å². The highest BCUT2D eigenvalue weighted by Gasteiger charge is 2.31. The maximum absolute atomic E-state index is 13.5. The molecule has 1 saturated carbocycles. The number of nitro groups is 1. The van der Waals surface area contributed by atoms with E-state index in [-0.39, 0.29) is 36.5 Å². The first kappa shape index (κ1) is 24.4. The molecule has 0 spiro atoms. The summed E-state index contributed by atoms with van der Waals surface area (Å²) in [5.41, 5.74) is 2.26. The van der Waals surface area contributed by atoms with Gasteiger partial charge in [0.15, 0.2) is 0 Å². The van der Waals surface area contributed by atoms with E-state index >= 15 is 0 Å². The summed E-state index contributed by atoms with van der Waals surface area (Å²) in [5, 5.41) is 14.6. The molecule has 0 radical (unpaired) electrons. The van der Waals surface area contributed by atoms with Crippen LogP contribution in [0, 0.1) is 17.0 Å². The maximum Gasteiger partial charge on any atom is 0.273 e. The molecular weight excluding hydrogens is 418 g/mol. The van der Waals surface area contributed by atoms with Gasteiger partial charge >= 0.3 is 0 Å². The number of carbonyl (C=O) groups excluding carboxylic acids is 2. The standard InChI is InChI=1S/C26H33N3O4/c1-3-23(26(31)27-22-14-5-4-6-15-22)28(18-21-13-8-7-11-19(21)2)25(30)17-20-12-9-10-16-24(20)29(32)33/h7-13,16,22-23H,3-6,14-15,17-18H2,1-2H3,(H,27,31). The summed E-state index contributed by atoms with van der Waals surface area (Å²) >= 11 is 0. The Morgan fingerprint density at radius 3 is 2.33 bits per heavy atom.